The van der Waals surface area contributed by atoms with Gasteiger partial charge in [-0.15, -0.1) is 16.4 Å². The number of thiazole rings is 1. The second-order valence-corrected chi connectivity index (χ2v) is 5.52. The van der Waals surface area contributed by atoms with Crippen molar-refractivity contribution in [3.63, 3.8) is 0 Å². The summed E-state index contributed by atoms with van der Waals surface area (Å²) in [5.74, 6) is 0. The van der Waals surface area contributed by atoms with Gasteiger partial charge in [0.25, 0.3) is 0 Å². The molecule has 0 bridgehead atoms. The first kappa shape index (κ1) is 12.7. The van der Waals surface area contributed by atoms with E-state index < -0.39 is 0 Å². The van der Waals surface area contributed by atoms with Crippen LogP contribution in [0.25, 0.3) is 5.69 Å². The molecule has 0 aliphatic rings. The highest BCUT2D eigenvalue weighted by atomic mass is 32.1. The molecule has 1 N–H and O–H groups in total. The molecule has 102 valence electrons. The Hall–Kier alpha value is -2.28. The van der Waals surface area contributed by atoms with E-state index in [0.717, 1.165) is 22.1 Å². The van der Waals surface area contributed by atoms with Crippen LogP contribution in [-0.4, -0.2) is 25.2 Å². The minimum absolute atomic E-state index is 0.179. The van der Waals surface area contributed by atoms with Gasteiger partial charge in [-0.3, -0.25) is 0 Å². The van der Waals surface area contributed by atoms with Gasteiger partial charge in [0.2, 0.25) is 0 Å². The molecule has 2 aromatic heterocycles. The smallest absolute Gasteiger partial charge is 0.143 e. The molecule has 7 heteroatoms. The molecule has 2 heterocycles. The van der Waals surface area contributed by atoms with Crippen molar-refractivity contribution in [3.8, 4) is 5.69 Å². The van der Waals surface area contributed by atoms with Crippen LogP contribution in [-0.2, 0) is 0 Å². The summed E-state index contributed by atoms with van der Waals surface area (Å²) in [7, 11) is 0. The molecule has 0 aliphatic heterocycles. The van der Waals surface area contributed by atoms with Crippen LogP contribution in [0.1, 0.15) is 23.7 Å². The lowest BCUT2D eigenvalue weighted by atomic mass is 10.2. The van der Waals surface area contributed by atoms with Gasteiger partial charge in [0.05, 0.1) is 22.4 Å². The number of aromatic nitrogens is 5. The highest BCUT2D eigenvalue weighted by Crippen LogP contribution is 2.21. The highest BCUT2D eigenvalue weighted by molar-refractivity contribution is 7.09. The third-order valence-electron chi connectivity index (χ3n) is 2.94. The number of benzene rings is 1. The summed E-state index contributed by atoms with van der Waals surface area (Å²) < 4.78 is 1.62. The second-order valence-electron chi connectivity index (χ2n) is 4.46. The molecule has 0 aliphatic carbocycles. The highest BCUT2D eigenvalue weighted by Gasteiger charge is 2.08. The van der Waals surface area contributed by atoms with Crippen molar-refractivity contribution in [2.75, 3.05) is 5.32 Å². The maximum atomic E-state index is 4.49. The second kappa shape index (κ2) is 5.38. The molecule has 0 spiro atoms. The topological polar surface area (TPSA) is 68.5 Å². The predicted molar refractivity (Wildman–Crippen MR) is 78.0 cm³/mol. The van der Waals surface area contributed by atoms with Crippen LogP contribution in [0.3, 0.4) is 0 Å². The molecule has 3 rings (SSSR count). The lowest BCUT2D eigenvalue weighted by Crippen LogP contribution is -2.07. The first-order valence-corrected chi connectivity index (χ1v) is 7.12. The number of nitrogens with zero attached hydrogens (tertiary/aromatic N) is 5. The van der Waals surface area contributed by atoms with Gasteiger partial charge in [-0.1, -0.05) is 0 Å². The lowest BCUT2D eigenvalue weighted by Gasteiger charge is -2.13. The summed E-state index contributed by atoms with van der Waals surface area (Å²) >= 11 is 1.67. The van der Waals surface area contributed by atoms with E-state index in [1.54, 1.807) is 22.3 Å². The number of hydrogen-bond acceptors (Lipinski definition) is 6. The number of tetrazole rings is 1. The maximum Gasteiger partial charge on any atom is 0.143 e. The van der Waals surface area contributed by atoms with Crippen LogP contribution >= 0.6 is 11.3 Å². The Labute approximate surface area is 120 Å². The number of aryl methyl sites for hydroxylation is 1. The van der Waals surface area contributed by atoms with E-state index in [4.69, 9.17) is 0 Å². The maximum absolute atomic E-state index is 4.49. The molecule has 0 radical (unpaired) electrons. The van der Waals surface area contributed by atoms with Crippen LogP contribution in [0.4, 0.5) is 5.69 Å². The van der Waals surface area contributed by atoms with Gasteiger partial charge in [-0.2, -0.15) is 0 Å². The summed E-state index contributed by atoms with van der Waals surface area (Å²) in [5, 5.41) is 17.7. The molecule has 0 amide bonds. The Morgan fingerprint density at radius 2 is 2.05 bits per heavy atom. The summed E-state index contributed by atoms with van der Waals surface area (Å²) in [5.41, 5.74) is 3.04. The van der Waals surface area contributed by atoms with Crippen molar-refractivity contribution in [2.45, 2.75) is 19.9 Å². The minimum Gasteiger partial charge on any atom is -0.377 e. The zero-order chi connectivity index (χ0) is 13.9. The van der Waals surface area contributed by atoms with E-state index in [1.807, 2.05) is 31.2 Å². The molecule has 1 atom stereocenters. The molecular weight excluding hydrogens is 272 g/mol. The van der Waals surface area contributed by atoms with Crippen LogP contribution in [0.15, 0.2) is 36.0 Å². The summed E-state index contributed by atoms with van der Waals surface area (Å²) in [4.78, 5) is 4.49. The zero-order valence-corrected chi connectivity index (χ0v) is 12.0. The minimum atomic E-state index is 0.179. The Morgan fingerprint density at radius 1 is 1.25 bits per heavy atom. The third kappa shape index (κ3) is 2.67. The molecule has 0 fully saturated rings. The fourth-order valence-electron chi connectivity index (χ4n) is 1.89. The fraction of sp³-hybridized carbons (Fsp3) is 0.231. The molecule has 1 aromatic carbocycles. The Bertz CT molecular complexity index is 673. The van der Waals surface area contributed by atoms with Gasteiger partial charge in [0, 0.05) is 11.1 Å². The standard InChI is InChI=1S/C13H14N6S/c1-9(13-7-20-10(2)16-13)15-11-3-5-12(6-4-11)19-8-14-17-18-19/h3-9,15H,1-2H3. The largest absolute Gasteiger partial charge is 0.377 e. The Kier molecular flexibility index (Phi) is 3.42. The molecule has 0 saturated carbocycles. The van der Waals surface area contributed by atoms with Crippen molar-refractivity contribution in [3.05, 3.63) is 46.7 Å². The van der Waals surface area contributed by atoms with Crippen LogP contribution in [0.5, 0.6) is 0 Å². The Morgan fingerprint density at radius 3 is 2.65 bits per heavy atom. The van der Waals surface area contributed by atoms with Crippen LogP contribution in [0, 0.1) is 6.92 Å². The van der Waals surface area contributed by atoms with Crippen molar-refractivity contribution in [1.29, 1.82) is 0 Å². The predicted octanol–water partition coefficient (Wildman–Crippen LogP) is 2.60. The fourth-order valence-corrected chi connectivity index (χ4v) is 2.60. The monoisotopic (exact) mass is 286 g/mol. The van der Waals surface area contributed by atoms with E-state index in [-0.39, 0.29) is 6.04 Å². The molecule has 1 unspecified atom stereocenters. The van der Waals surface area contributed by atoms with E-state index in [9.17, 15) is 0 Å². The van der Waals surface area contributed by atoms with Crippen molar-refractivity contribution in [2.24, 2.45) is 0 Å². The lowest BCUT2D eigenvalue weighted by molar-refractivity contribution is 0.789. The van der Waals surface area contributed by atoms with Crippen LogP contribution < -0.4 is 5.32 Å². The average molecular weight is 286 g/mol. The van der Waals surface area contributed by atoms with Crippen molar-refractivity contribution >= 4 is 17.0 Å². The van der Waals surface area contributed by atoms with Gasteiger partial charge in [0.15, 0.2) is 0 Å². The van der Waals surface area contributed by atoms with E-state index >= 15 is 0 Å². The molecule has 20 heavy (non-hydrogen) atoms. The molecule has 3 aromatic rings. The van der Waals surface area contributed by atoms with Gasteiger partial charge in [-0.25, -0.2) is 9.67 Å². The first-order chi connectivity index (χ1) is 9.72. The first-order valence-electron chi connectivity index (χ1n) is 6.24. The van der Waals surface area contributed by atoms with Gasteiger partial charge >= 0.3 is 0 Å². The number of rotatable bonds is 4. The van der Waals surface area contributed by atoms with Crippen LogP contribution in [0.2, 0.25) is 0 Å². The average Bonchev–Trinajstić information content (AvgIpc) is 3.10. The summed E-state index contributed by atoms with van der Waals surface area (Å²) in [6.07, 6.45) is 1.57. The SMILES string of the molecule is Cc1nc(C(C)Nc2ccc(-n3cnnn3)cc2)cs1. The van der Waals surface area contributed by atoms with Gasteiger partial charge < -0.3 is 5.32 Å². The van der Waals surface area contributed by atoms with Crippen molar-refractivity contribution in [1.82, 2.24) is 25.2 Å². The Balaban J connectivity index is 1.72. The zero-order valence-electron chi connectivity index (χ0n) is 11.2. The molecule has 0 saturated heterocycles. The third-order valence-corrected chi connectivity index (χ3v) is 3.74. The molecular formula is C13H14N6S. The van der Waals surface area contributed by atoms with E-state index in [1.165, 1.54) is 0 Å². The van der Waals surface area contributed by atoms with Gasteiger partial charge in [-0.05, 0) is 48.5 Å². The quantitative estimate of drug-likeness (QED) is 0.798. The number of nitrogens with one attached hydrogen (secondary N) is 1. The van der Waals surface area contributed by atoms with Gasteiger partial charge in [0.1, 0.15) is 6.33 Å². The summed E-state index contributed by atoms with van der Waals surface area (Å²) in [6, 6.07) is 8.13. The number of hydrogen-bond donors (Lipinski definition) is 1. The normalized spacial score (nSPS) is 12.3. The van der Waals surface area contributed by atoms with Crippen molar-refractivity contribution < 1.29 is 0 Å². The van der Waals surface area contributed by atoms with E-state index in [2.05, 4.69) is 38.1 Å². The molecule has 6 nitrogen and oxygen atoms in total. The van der Waals surface area contributed by atoms with E-state index in [0.29, 0.717) is 0 Å². The number of anilines is 1. The summed E-state index contributed by atoms with van der Waals surface area (Å²) in [6.45, 7) is 4.12.